The first-order chi connectivity index (χ1) is 17.0. The number of ether oxygens (including phenoxy) is 1. The van der Waals surface area contributed by atoms with Crippen molar-refractivity contribution >= 4 is 29.3 Å². The summed E-state index contributed by atoms with van der Waals surface area (Å²) in [7, 11) is 0. The van der Waals surface area contributed by atoms with Crippen LogP contribution < -0.4 is 15.4 Å². The van der Waals surface area contributed by atoms with Crippen LogP contribution in [0.4, 0.5) is 11.4 Å². The molecule has 0 spiro atoms. The van der Waals surface area contributed by atoms with Crippen LogP contribution >= 0.6 is 0 Å². The van der Waals surface area contributed by atoms with E-state index in [0.717, 1.165) is 22.4 Å². The van der Waals surface area contributed by atoms with Crippen LogP contribution in [0, 0.1) is 0 Å². The van der Waals surface area contributed by atoms with E-state index in [4.69, 9.17) is 9.84 Å². The molecule has 0 saturated carbocycles. The highest BCUT2D eigenvalue weighted by atomic mass is 16.5. The van der Waals surface area contributed by atoms with E-state index in [1.165, 1.54) is 6.08 Å². The number of benzene rings is 2. The average molecular weight is 466 g/mol. The molecule has 4 aromatic rings. The molecule has 2 amide bonds. The van der Waals surface area contributed by atoms with Crippen LogP contribution in [0.5, 0.6) is 5.75 Å². The van der Waals surface area contributed by atoms with Gasteiger partial charge in [0, 0.05) is 41.5 Å². The molecule has 0 saturated heterocycles. The third kappa shape index (κ3) is 5.11. The molecule has 0 fully saturated rings. The summed E-state index contributed by atoms with van der Waals surface area (Å²) in [5.41, 5.74) is 4.59. The van der Waals surface area contributed by atoms with E-state index in [0.29, 0.717) is 23.7 Å². The zero-order valence-corrected chi connectivity index (χ0v) is 19.0. The molecular weight excluding hydrogens is 442 g/mol. The van der Waals surface area contributed by atoms with Crippen molar-refractivity contribution in [2.45, 2.75) is 19.6 Å². The lowest BCUT2D eigenvalue weighted by atomic mass is 10.1. The zero-order chi connectivity index (χ0) is 24.2. The van der Waals surface area contributed by atoms with Gasteiger partial charge in [0.2, 0.25) is 5.91 Å². The number of anilines is 2. The van der Waals surface area contributed by atoms with Crippen LogP contribution in [0.1, 0.15) is 18.1 Å². The minimum absolute atomic E-state index is 0.226. The van der Waals surface area contributed by atoms with Gasteiger partial charge < -0.3 is 15.4 Å². The number of amides is 2. The summed E-state index contributed by atoms with van der Waals surface area (Å²) < 4.78 is 7.41. The van der Waals surface area contributed by atoms with Crippen LogP contribution in [0.2, 0.25) is 0 Å². The number of nitrogens with one attached hydrogen (secondary N) is 2. The van der Waals surface area contributed by atoms with Crippen molar-refractivity contribution in [2.24, 2.45) is 0 Å². The van der Waals surface area contributed by atoms with Crippen molar-refractivity contribution < 1.29 is 14.3 Å². The molecule has 5 rings (SSSR count). The number of fused-ring (bicyclic) bond motifs is 1. The van der Waals surface area contributed by atoms with Gasteiger partial charge in [0.1, 0.15) is 11.4 Å². The summed E-state index contributed by atoms with van der Waals surface area (Å²) in [6.07, 6.45) is 8.00. The Hall–Kier alpha value is -4.72. The van der Waals surface area contributed by atoms with Crippen LogP contribution in [-0.2, 0) is 16.1 Å². The number of nitrogens with zero attached hydrogens (tertiary/aromatic N) is 3. The number of aromatic nitrogens is 3. The Morgan fingerprint density at radius 1 is 1.17 bits per heavy atom. The Balaban J connectivity index is 1.35. The highest BCUT2D eigenvalue weighted by Crippen LogP contribution is 2.32. The topological polar surface area (TPSA) is 98.1 Å². The van der Waals surface area contributed by atoms with Crippen LogP contribution in [0.15, 0.2) is 85.3 Å². The maximum atomic E-state index is 12.7. The van der Waals surface area contributed by atoms with Gasteiger partial charge in [-0.05, 0) is 48.9 Å². The Bertz CT molecular complexity index is 1400. The summed E-state index contributed by atoms with van der Waals surface area (Å²) in [6.45, 7) is 2.29. The van der Waals surface area contributed by atoms with Crippen molar-refractivity contribution in [1.29, 1.82) is 0 Å². The number of carbonyl (C=O) groups is 2. The molecule has 3 heterocycles. The fourth-order valence-corrected chi connectivity index (χ4v) is 3.77. The predicted molar refractivity (Wildman–Crippen MR) is 134 cm³/mol. The van der Waals surface area contributed by atoms with Crippen LogP contribution in [-0.4, -0.2) is 32.7 Å². The molecule has 1 unspecified atom stereocenters. The second kappa shape index (κ2) is 9.64. The minimum Gasteiger partial charge on any atom is -0.479 e. The third-order valence-electron chi connectivity index (χ3n) is 5.50. The Labute approximate surface area is 202 Å². The van der Waals surface area contributed by atoms with Crippen molar-refractivity contribution in [3.05, 3.63) is 96.5 Å². The summed E-state index contributed by atoms with van der Waals surface area (Å²) in [5.74, 6) is 0.0308. The van der Waals surface area contributed by atoms with Gasteiger partial charge in [-0.3, -0.25) is 19.3 Å². The lowest BCUT2D eigenvalue weighted by Crippen LogP contribution is -2.34. The Kier molecular flexibility index (Phi) is 6.09. The summed E-state index contributed by atoms with van der Waals surface area (Å²) in [6, 6.07) is 19.0. The summed E-state index contributed by atoms with van der Waals surface area (Å²) in [5, 5.41) is 10.3. The maximum Gasteiger partial charge on any atom is 0.265 e. The van der Waals surface area contributed by atoms with Crippen molar-refractivity contribution in [3.63, 3.8) is 0 Å². The highest BCUT2D eigenvalue weighted by Gasteiger charge is 2.23. The molecule has 8 heteroatoms. The summed E-state index contributed by atoms with van der Waals surface area (Å²) >= 11 is 0. The van der Waals surface area contributed by atoms with Crippen molar-refractivity contribution in [3.8, 4) is 17.0 Å². The molecule has 2 aromatic heterocycles. The summed E-state index contributed by atoms with van der Waals surface area (Å²) in [4.78, 5) is 28.7. The highest BCUT2D eigenvalue weighted by molar-refractivity contribution is 6.03. The minimum atomic E-state index is -0.553. The first-order valence-electron chi connectivity index (χ1n) is 11.2. The average Bonchev–Trinajstić information content (AvgIpc) is 3.27. The third-order valence-corrected chi connectivity index (χ3v) is 5.50. The van der Waals surface area contributed by atoms with Crippen molar-refractivity contribution in [1.82, 2.24) is 14.8 Å². The van der Waals surface area contributed by atoms with Gasteiger partial charge in [-0.15, -0.1) is 0 Å². The molecule has 0 radical (unpaired) electrons. The molecule has 35 heavy (non-hydrogen) atoms. The number of pyridine rings is 1. The monoisotopic (exact) mass is 465 g/mol. The van der Waals surface area contributed by atoms with Crippen LogP contribution in [0.3, 0.4) is 0 Å². The Morgan fingerprint density at radius 3 is 2.83 bits per heavy atom. The molecule has 0 bridgehead atoms. The lowest BCUT2D eigenvalue weighted by Gasteiger charge is -2.23. The van der Waals surface area contributed by atoms with E-state index in [9.17, 15) is 9.59 Å². The number of carbonyl (C=O) groups excluding carboxylic acids is 2. The molecule has 2 N–H and O–H groups in total. The second-order valence-electron chi connectivity index (χ2n) is 8.14. The predicted octanol–water partition coefficient (Wildman–Crippen LogP) is 4.36. The van der Waals surface area contributed by atoms with Gasteiger partial charge >= 0.3 is 0 Å². The van der Waals surface area contributed by atoms with Gasteiger partial charge in [-0.1, -0.05) is 30.3 Å². The van der Waals surface area contributed by atoms with Gasteiger partial charge in [0.25, 0.3) is 5.91 Å². The number of hydrogen-bond donors (Lipinski definition) is 2. The first-order valence-corrected chi connectivity index (χ1v) is 11.2. The largest absolute Gasteiger partial charge is 0.479 e. The maximum absolute atomic E-state index is 12.7. The smallest absolute Gasteiger partial charge is 0.265 e. The molecule has 174 valence electrons. The quantitative estimate of drug-likeness (QED) is 0.412. The molecule has 1 aliphatic rings. The zero-order valence-electron chi connectivity index (χ0n) is 19.0. The first kappa shape index (κ1) is 22.1. The van der Waals surface area contributed by atoms with E-state index in [2.05, 4.69) is 15.6 Å². The number of rotatable bonds is 6. The SMILES string of the molecule is CC1Oc2ccc(NC(=O)/C=C/c3cn(Cc4ccccc4)nc3-c3cccnc3)cc2NC1=O. The molecule has 0 aliphatic carbocycles. The Morgan fingerprint density at radius 2 is 2.03 bits per heavy atom. The second-order valence-corrected chi connectivity index (χ2v) is 8.14. The molecule has 2 aromatic carbocycles. The van der Waals surface area contributed by atoms with Gasteiger partial charge in [-0.25, -0.2) is 0 Å². The fourth-order valence-electron chi connectivity index (χ4n) is 3.77. The van der Waals surface area contributed by atoms with E-state index >= 15 is 0 Å². The van der Waals surface area contributed by atoms with E-state index < -0.39 is 6.10 Å². The van der Waals surface area contributed by atoms with E-state index in [-0.39, 0.29) is 11.8 Å². The van der Waals surface area contributed by atoms with Gasteiger partial charge in [0.05, 0.1) is 12.2 Å². The molecule has 1 aliphatic heterocycles. The van der Waals surface area contributed by atoms with Crippen molar-refractivity contribution in [2.75, 3.05) is 10.6 Å². The van der Waals surface area contributed by atoms with Crippen LogP contribution in [0.25, 0.3) is 17.3 Å². The van der Waals surface area contributed by atoms with Gasteiger partial charge in [-0.2, -0.15) is 5.10 Å². The van der Waals surface area contributed by atoms with Gasteiger partial charge in [0.15, 0.2) is 6.10 Å². The lowest BCUT2D eigenvalue weighted by molar-refractivity contribution is -0.122. The molecular formula is C27H23N5O3. The normalized spacial score (nSPS) is 14.8. The number of hydrogen-bond acceptors (Lipinski definition) is 5. The van der Waals surface area contributed by atoms with E-state index in [1.807, 2.05) is 53.3 Å². The van der Waals surface area contributed by atoms with E-state index in [1.54, 1.807) is 43.6 Å². The molecule has 8 nitrogen and oxygen atoms in total. The molecule has 1 atom stereocenters. The standard InChI is InChI=1S/C27H23N5O3/c1-18-27(34)30-23-14-22(10-11-24(23)35-18)29-25(33)12-9-21-17-32(16-19-6-3-2-4-7-19)31-26(21)20-8-5-13-28-15-20/h2-15,17-18H,16H2,1H3,(H,29,33)(H,30,34)/b12-9+. The fraction of sp³-hybridized carbons (Fsp3) is 0.111.